The lowest BCUT2D eigenvalue weighted by atomic mass is 10.1. The summed E-state index contributed by atoms with van der Waals surface area (Å²) in [4.78, 5) is 16.4. The van der Waals surface area contributed by atoms with E-state index in [2.05, 4.69) is 10.3 Å². The van der Waals surface area contributed by atoms with Gasteiger partial charge in [0.15, 0.2) is 0 Å². The van der Waals surface area contributed by atoms with Crippen molar-refractivity contribution in [1.29, 1.82) is 0 Å². The number of nitrogens with one attached hydrogen (secondary N) is 1. The number of hydrogen-bond donors (Lipinski definition) is 1. The summed E-state index contributed by atoms with van der Waals surface area (Å²) >= 11 is 1.28. The molecule has 1 aromatic heterocycles. The molecule has 158 valence electrons. The number of amides is 1. The largest absolute Gasteiger partial charge is 0.497 e. The summed E-state index contributed by atoms with van der Waals surface area (Å²) in [5.41, 5.74) is 0.422. The van der Waals surface area contributed by atoms with Crippen molar-refractivity contribution in [2.45, 2.75) is 12.6 Å². The lowest BCUT2D eigenvalue weighted by Crippen LogP contribution is -2.29. The van der Waals surface area contributed by atoms with Crippen LogP contribution in [0.3, 0.4) is 0 Å². The minimum atomic E-state index is -4.37. The zero-order valence-electron chi connectivity index (χ0n) is 16.0. The van der Waals surface area contributed by atoms with Crippen LogP contribution in [0.4, 0.5) is 13.2 Å². The van der Waals surface area contributed by atoms with E-state index in [1.807, 2.05) is 6.07 Å². The summed E-state index contributed by atoms with van der Waals surface area (Å²) < 4.78 is 48.6. The van der Waals surface area contributed by atoms with E-state index < -0.39 is 11.7 Å². The standard InChI is InChI=1S/C21H19F3N2O3S/c1-28-17-3-2-4-18(12-17)29-10-9-25-19(27)11-16-13-30-20(26-16)14-5-7-15(8-6-14)21(22,23)24/h2-8,12-13H,9-11H2,1H3,(H,25,27). The van der Waals surface area contributed by atoms with E-state index in [4.69, 9.17) is 9.47 Å². The van der Waals surface area contributed by atoms with E-state index in [9.17, 15) is 18.0 Å². The van der Waals surface area contributed by atoms with E-state index in [-0.39, 0.29) is 12.3 Å². The molecule has 0 aliphatic carbocycles. The van der Waals surface area contributed by atoms with Gasteiger partial charge in [0, 0.05) is 17.0 Å². The van der Waals surface area contributed by atoms with Gasteiger partial charge in [0.1, 0.15) is 23.1 Å². The Kier molecular flexibility index (Phi) is 6.94. The van der Waals surface area contributed by atoms with Crippen molar-refractivity contribution >= 4 is 17.2 Å². The molecule has 1 heterocycles. The first-order valence-corrected chi connectivity index (χ1v) is 9.89. The number of aromatic nitrogens is 1. The van der Waals surface area contributed by atoms with Crippen molar-refractivity contribution in [3.63, 3.8) is 0 Å². The quantitative estimate of drug-likeness (QED) is 0.526. The fraction of sp³-hybridized carbons (Fsp3) is 0.238. The van der Waals surface area contributed by atoms with Gasteiger partial charge in [-0.05, 0) is 24.3 Å². The number of alkyl halides is 3. The minimum absolute atomic E-state index is 0.0797. The van der Waals surface area contributed by atoms with Crippen molar-refractivity contribution in [3.05, 3.63) is 65.2 Å². The first kappa shape index (κ1) is 21.6. The van der Waals surface area contributed by atoms with Crippen LogP contribution >= 0.6 is 11.3 Å². The highest BCUT2D eigenvalue weighted by atomic mass is 32.1. The van der Waals surface area contributed by atoms with E-state index in [1.165, 1.54) is 23.5 Å². The molecule has 9 heteroatoms. The number of halogens is 3. The summed E-state index contributed by atoms with van der Waals surface area (Å²) in [6, 6.07) is 12.0. The predicted octanol–water partition coefficient (Wildman–Crippen LogP) is 4.58. The fourth-order valence-electron chi connectivity index (χ4n) is 2.60. The molecular weight excluding hydrogens is 417 g/mol. The van der Waals surface area contributed by atoms with E-state index in [0.29, 0.717) is 40.9 Å². The van der Waals surface area contributed by atoms with Crippen LogP contribution in [0.2, 0.25) is 0 Å². The van der Waals surface area contributed by atoms with Gasteiger partial charge in [-0.15, -0.1) is 11.3 Å². The summed E-state index contributed by atoms with van der Waals surface area (Å²) in [5.74, 6) is 1.11. The van der Waals surface area contributed by atoms with Crippen LogP contribution in [0.5, 0.6) is 11.5 Å². The van der Waals surface area contributed by atoms with Crippen molar-refractivity contribution < 1.29 is 27.4 Å². The molecule has 0 bridgehead atoms. The molecule has 0 radical (unpaired) electrons. The molecular formula is C21H19F3N2O3S. The molecule has 1 amide bonds. The lowest BCUT2D eigenvalue weighted by molar-refractivity contribution is -0.137. The Morgan fingerprint density at radius 1 is 1.13 bits per heavy atom. The summed E-state index contributed by atoms with van der Waals surface area (Å²) in [5, 5.41) is 5.03. The third-order valence-electron chi connectivity index (χ3n) is 4.09. The maximum atomic E-state index is 12.7. The Morgan fingerprint density at radius 2 is 1.87 bits per heavy atom. The van der Waals surface area contributed by atoms with E-state index in [1.54, 1.807) is 30.7 Å². The molecule has 0 aliphatic heterocycles. The molecule has 3 rings (SSSR count). The van der Waals surface area contributed by atoms with Gasteiger partial charge in [-0.2, -0.15) is 13.2 Å². The Balaban J connectivity index is 1.46. The van der Waals surface area contributed by atoms with Gasteiger partial charge in [0.05, 0.1) is 31.3 Å². The number of thiazole rings is 1. The van der Waals surface area contributed by atoms with Gasteiger partial charge in [-0.1, -0.05) is 18.2 Å². The van der Waals surface area contributed by atoms with Crippen LogP contribution in [0.25, 0.3) is 10.6 Å². The Morgan fingerprint density at radius 3 is 2.57 bits per heavy atom. The molecule has 30 heavy (non-hydrogen) atoms. The molecule has 0 saturated heterocycles. The number of hydrogen-bond acceptors (Lipinski definition) is 5. The SMILES string of the molecule is COc1cccc(OCCNC(=O)Cc2csc(-c3ccc(C(F)(F)F)cc3)n2)c1. The summed E-state index contributed by atoms with van der Waals surface area (Å²) in [7, 11) is 1.57. The molecule has 0 atom stereocenters. The van der Waals surface area contributed by atoms with Gasteiger partial charge in [0.25, 0.3) is 0 Å². The van der Waals surface area contributed by atoms with Gasteiger partial charge in [-0.25, -0.2) is 4.98 Å². The highest BCUT2D eigenvalue weighted by molar-refractivity contribution is 7.13. The maximum absolute atomic E-state index is 12.7. The highest BCUT2D eigenvalue weighted by Gasteiger charge is 2.30. The molecule has 3 aromatic rings. The average Bonchev–Trinajstić information content (AvgIpc) is 3.19. The Hall–Kier alpha value is -3.07. The molecule has 0 aliphatic rings. The third kappa shape index (κ3) is 5.96. The van der Waals surface area contributed by atoms with E-state index in [0.717, 1.165) is 12.1 Å². The van der Waals surface area contributed by atoms with Crippen LogP contribution in [-0.4, -0.2) is 31.2 Å². The second-order valence-corrected chi connectivity index (χ2v) is 7.13. The molecule has 0 saturated carbocycles. The number of ether oxygens (including phenoxy) is 2. The number of carbonyl (C=O) groups excluding carboxylic acids is 1. The number of benzene rings is 2. The van der Waals surface area contributed by atoms with Crippen LogP contribution in [0.1, 0.15) is 11.3 Å². The number of carbonyl (C=O) groups is 1. The van der Waals surface area contributed by atoms with Crippen molar-refractivity contribution in [3.8, 4) is 22.1 Å². The van der Waals surface area contributed by atoms with Crippen LogP contribution in [-0.2, 0) is 17.4 Å². The van der Waals surface area contributed by atoms with Gasteiger partial charge < -0.3 is 14.8 Å². The topological polar surface area (TPSA) is 60.5 Å². The maximum Gasteiger partial charge on any atom is 0.416 e. The van der Waals surface area contributed by atoms with E-state index >= 15 is 0 Å². The third-order valence-corrected chi connectivity index (χ3v) is 5.03. The number of methoxy groups -OCH3 is 1. The van der Waals surface area contributed by atoms with Gasteiger partial charge in [-0.3, -0.25) is 4.79 Å². The van der Waals surface area contributed by atoms with Gasteiger partial charge in [0.2, 0.25) is 5.91 Å². The summed E-state index contributed by atoms with van der Waals surface area (Å²) in [6.45, 7) is 0.624. The first-order valence-electron chi connectivity index (χ1n) is 9.01. The van der Waals surface area contributed by atoms with Crippen molar-refractivity contribution in [1.82, 2.24) is 10.3 Å². The molecule has 1 N–H and O–H groups in total. The second-order valence-electron chi connectivity index (χ2n) is 6.27. The zero-order chi connectivity index (χ0) is 21.6. The van der Waals surface area contributed by atoms with Gasteiger partial charge >= 0.3 is 6.18 Å². The Labute approximate surface area is 175 Å². The predicted molar refractivity (Wildman–Crippen MR) is 108 cm³/mol. The number of nitrogens with zero attached hydrogens (tertiary/aromatic N) is 1. The van der Waals surface area contributed by atoms with Crippen LogP contribution in [0.15, 0.2) is 53.9 Å². The van der Waals surface area contributed by atoms with Crippen molar-refractivity contribution in [2.75, 3.05) is 20.3 Å². The highest BCUT2D eigenvalue weighted by Crippen LogP contribution is 2.31. The molecule has 0 unspecified atom stereocenters. The second kappa shape index (κ2) is 9.62. The van der Waals surface area contributed by atoms with Crippen LogP contribution < -0.4 is 14.8 Å². The smallest absolute Gasteiger partial charge is 0.416 e. The molecule has 5 nitrogen and oxygen atoms in total. The Bertz CT molecular complexity index is 988. The minimum Gasteiger partial charge on any atom is -0.497 e. The molecule has 0 fully saturated rings. The monoisotopic (exact) mass is 436 g/mol. The molecule has 0 spiro atoms. The normalized spacial score (nSPS) is 11.2. The average molecular weight is 436 g/mol. The lowest BCUT2D eigenvalue weighted by Gasteiger charge is -2.08. The summed E-state index contributed by atoms with van der Waals surface area (Å²) in [6.07, 6.45) is -4.29. The van der Waals surface area contributed by atoms with Crippen LogP contribution in [0, 0.1) is 0 Å². The fourth-order valence-corrected chi connectivity index (χ4v) is 3.43. The number of rotatable bonds is 8. The molecule has 2 aromatic carbocycles. The first-order chi connectivity index (χ1) is 14.3. The zero-order valence-corrected chi connectivity index (χ0v) is 16.8. The van der Waals surface area contributed by atoms with Crippen molar-refractivity contribution in [2.24, 2.45) is 0 Å².